The summed E-state index contributed by atoms with van der Waals surface area (Å²) >= 11 is 0. The van der Waals surface area contributed by atoms with Gasteiger partial charge in [-0.25, -0.2) is 14.8 Å². The first-order valence-electron chi connectivity index (χ1n) is 7.08. The fourth-order valence-electron chi connectivity index (χ4n) is 2.57. The molecule has 0 radical (unpaired) electrons. The Morgan fingerprint density at radius 1 is 1.27 bits per heavy atom. The Hall–Kier alpha value is -2.54. The second-order valence-electron chi connectivity index (χ2n) is 5.24. The van der Waals surface area contributed by atoms with Gasteiger partial charge in [-0.3, -0.25) is 4.98 Å². The largest absolute Gasteiger partial charge is 0.478 e. The average Bonchev–Trinajstić information content (AvgIpc) is 2.55. The SMILES string of the molecule is O=C(O)c1ccncc1-c1cnc(N2CCCC(O)C2)nc1. The van der Waals surface area contributed by atoms with E-state index in [2.05, 4.69) is 15.0 Å². The van der Waals surface area contributed by atoms with Crippen LogP contribution in [0.15, 0.2) is 30.9 Å². The number of piperidine rings is 1. The molecule has 22 heavy (non-hydrogen) atoms. The van der Waals surface area contributed by atoms with Crippen molar-refractivity contribution in [3.05, 3.63) is 36.4 Å². The molecule has 3 rings (SSSR count). The van der Waals surface area contributed by atoms with E-state index >= 15 is 0 Å². The van der Waals surface area contributed by atoms with Crippen molar-refractivity contribution in [3.63, 3.8) is 0 Å². The Morgan fingerprint density at radius 3 is 2.73 bits per heavy atom. The van der Waals surface area contributed by atoms with Crippen molar-refractivity contribution in [1.29, 1.82) is 0 Å². The van der Waals surface area contributed by atoms with Gasteiger partial charge in [0, 0.05) is 49.0 Å². The molecule has 7 heteroatoms. The molecule has 1 fully saturated rings. The highest BCUT2D eigenvalue weighted by molar-refractivity contribution is 5.95. The molecule has 0 bridgehead atoms. The van der Waals surface area contributed by atoms with Crippen molar-refractivity contribution < 1.29 is 15.0 Å². The fraction of sp³-hybridized carbons (Fsp3) is 0.333. The lowest BCUT2D eigenvalue weighted by atomic mass is 10.1. The van der Waals surface area contributed by atoms with E-state index < -0.39 is 5.97 Å². The Morgan fingerprint density at radius 2 is 2.05 bits per heavy atom. The van der Waals surface area contributed by atoms with E-state index in [-0.39, 0.29) is 11.7 Å². The molecular formula is C15H16N4O3. The molecule has 114 valence electrons. The van der Waals surface area contributed by atoms with Crippen LogP contribution < -0.4 is 4.90 Å². The van der Waals surface area contributed by atoms with Gasteiger partial charge in [0.15, 0.2) is 0 Å². The van der Waals surface area contributed by atoms with Gasteiger partial charge < -0.3 is 15.1 Å². The van der Waals surface area contributed by atoms with Crippen molar-refractivity contribution in [2.24, 2.45) is 0 Å². The summed E-state index contributed by atoms with van der Waals surface area (Å²) in [5.74, 6) is -0.469. The maximum Gasteiger partial charge on any atom is 0.336 e. The number of carbonyl (C=O) groups is 1. The van der Waals surface area contributed by atoms with Gasteiger partial charge in [-0.1, -0.05) is 0 Å². The standard InChI is InChI=1S/C15H16N4O3/c20-11-2-1-5-19(9-11)15-17-6-10(7-18-15)13-8-16-4-3-12(13)14(21)22/h3-4,6-8,11,20H,1-2,5,9H2,(H,21,22). The van der Waals surface area contributed by atoms with Crippen LogP contribution in [0.2, 0.25) is 0 Å². The maximum atomic E-state index is 11.2. The lowest BCUT2D eigenvalue weighted by Gasteiger charge is -2.29. The molecule has 0 aromatic carbocycles. The Kier molecular flexibility index (Phi) is 3.97. The molecule has 2 aromatic heterocycles. The number of hydrogen-bond donors (Lipinski definition) is 2. The molecule has 0 saturated carbocycles. The van der Waals surface area contributed by atoms with Crippen LogP contribution in [0.25, 0.3) is 11.1 Å². The van der Waals surface area contributed by atoms with Crippen LogP contribution in [0.3, 0.4) is 0 Å². The number of carboxylic acids is 1. The van der Waals surface area contributed by atoms with E-state index in [0.29, 0.717) is 23.6 Å². The van der Waals surface area contributed by atoms with E-state index in [9.17, 15) is 15.0 Å². The van der Waals surface area contributed by atoms with Crippen molar-refractivity contribution in [1.82, 2.24) is 15.0 Å². The lowest BCUT2D eigenvalue weighted by Crippen LogP contribution is -2.39. The number of aliphatic hydroxyl groups excluding tert-OH is 1. The van der Waals surface area contributed by atoms with Gasteiger partial charge >= 0.3 is 5.97 Å². The molecule has 7 nitrogen and oxygen atoms in total. The molecule has 1 unspecified atom stereocenters. The highest BCUT2D eigenvalue weighted by Gasteiger charge is 2.20. The smallest absolute Gasteiger partial charge is 0.336 e. The number of anilines is 1. The van der Waals surface area contributed by atoms with E-state index in [1.165, 1.54) is 18.5 Å². The monoisotopic (exact) mass is 300 g/mol. The summed E-state index contributed by atoms with van der Waals surface area (Å²) in [4.78, 5) is 25.7. The predicted octanol–water partition coefficient (Wildman–Crippen LogP) is 1.20. The molecule has 3 heterocycles. The number of β-amino-alcohol motifs (C(OH)–C–C–N with tert-alkyl or cyclic N) is 1. The van der Waals surface area contributed by atoms with Crippen LogP contribution in [-0.2, 0) is 0 Å². The molecule has 2 N–H and O–H groups in total. The van der Waals surface area contributed by atoms with Gasteiger partial charge in [0.05, 0.1) is 11.7 Å². The number of hydrogen-bond acceptors (Lipinski definition) is 6. The summed E-state index contributed by atoms with van der Waals surface area (Å²) in [6.45, 7) is 1.33. The first-order chi connectivity index (χ1) is 10.6. The van der Waals surface area contributed by atoms with Gasteiger partial charge in [0.25, 0.3) is 0 Å². The highest BCUT2D eigenvalue weighted by atomic mass is 16.4. The second kappa shape index (κ2) is 6.07. The number of aromatic carboxylic acids is 1. The topological polar surface area (TPSA) is 99.4 Å². The predicted molar refractivity (Wildman–Crippen MR) is 79.7 cm³/mol. The number of carboxylic acid groups (broad SMARTS) is 1. The van der Waals surface area contributed by atoms with Crippen molar-refractivity contribution in [3.8, 4) is 11.1 Å². The van der Waals surface area contributed by atoms with Gasteiger partial charge in [0.1, 0.15) is 0 Å². The van der Waals surface area contributed by atoms with Gasteiger partial charge in [-0.15, -0.1) is 0 Å². The van der Waals surface area contributed by atoms with E-state index in [4.69, 9.17) is 0 Å². The molecule has 0 amide bonds. The Balaban J connectivity index is 1.87. The van der Waals surface area contributed by atoms with Crippen LogP contribution in [0.4, 0.5) is 5.95 Å². The quantitative estimate of drug-likeness (QED) is 0.878. The van der Waals surface area contributed by atoms with E-state index in [1.807, 2.05) is 4.90 Å². The zero-order valence-electron chi connectivity index (χ0n) is 11.9. The fourth-order valence-corrected chi connectivity index (χ4v) is 2.57. The molecule has 1 saturated heterocycles. The third-order valence-electron chi connectivity index (χ3n) is 3.68. The number of pyridine rings is 1. The molecule has 1 aliphatic rings. The van der Waals surface area contributed by atoms with Crippen LogP contribution in [0.5, 0.6) is 0 Å². The Labute approximate surface area is 127 Å². The molecule has 1 aliphatic heterocycles. The first-order valence-corrected chi connectivity index (χ1v) is 7.08. The zero-order valence-corrected chi connectivity index (χ0v) is 11.9. The summed E-state index contributed by atoms with van der Waals surface area (Å²) in [6.07, 6.45) is 7.46. The zero-order chi connectivity index (χ0) is 15.5. The minimum absolute atomic E-state index is 0.166. The molecule has 0 aliphatic carbocycles. The van der Waals surface area contributed by atoms with Gasteiger partial charge in [-0.05, 0) is 18.9 Å². The first kappa shape index (κ1) is 14.4. The lowest BCUT2D eigenvalue weighted by molar-refractivity contribution is 0.0697. The summed E-state index contributed by atoms with van der Waals surface area (Å²) in [7, 11) is 0. The third kappa shape index (κ3) is 2.89. The third-order valence-corrected chi connectivity index (χ3v) is 3.68. The van der Waals surface area contributed by atoms with Gasteiger partial charge in [-0.2, -0.15) is 0 Å². The second-order valence-corrected chi connectivity index (χ2v) is 5.24. The Bertz CT molecular complexity index is 675. The summed E-state index contributed by atoms with van der Waals surface area (Å²) in [6, 6.07) is 1.45. The maximum absolute atomic E-state index is 11.2. The number of nitrogens with zero attached hydrogens (tertiary/aromatic N) is 4. The average molecular weight is 300 g/mol. The number of aliphatic hydroxyl groups is 1. The number of aromatic nitrogens is 3. The van der Waals surface area contributed by atoms with E-state index in [0.717, 1.165) is 19.4 Å². The van der Waals surface area contributed by atoms with Crippen LogP contribution in [0.1, 0.15) is 23.2 Å². The summed E-state index contributed by atoms with van der Waals surface area (Å²) < 4.78 is 0. The minimum Gasteiger partial charge on any atom is -0.478 e. The summed E-state index contributed by atoms with van der Waals surface area (Å²) in [5, 5.41) is 18.9. The molecule has 0 spiro atoms. The van der Waals surface area contributed by atoms with Crippen molar-refractivity contribution >= 4 is 11.9 Å². The normalized spacial score (nSPS) is 18.2. The highest BCUT2D eigenvalue weighted by Crippen LogP contribution is 2.23. The van der Waals surface area contributed by atoms with Crippen molar-refractivity contribution in [2.45, 2.75) is 18.9 Å². The van der Waals surface area contributed by atoms with Crippen LogP contribution >= 0.6 is 0 Å². The van der Waals surface area contributed by atoms with E-state index in [1.54, 1.807) is 12.4 Å². The summed E-state index contributed by atoms with van der Waals surface area (Å²) in [5.41, 5.74) is 1.26. The molecule has 2 aromatic rings. The number of rotatable bonds is 3. The molecule has 1 atom stereocenters. The molecular weight excluding hydrogens is 284 g/mol. The van der Waals surface area contributed by atoms with Crippen LogP contribution in [-0.4, -0.2) is 50.3 Å². The van der Waals surface area contributed by atoms with Crippen LogP contribution in [0, 0.1) is 0 Å². The minimum atomic E-state index is -1.01. The van der Waals surface area contributed by atoms with Crippen molar-refractivity contribution in [2.75, 3.05) is 18.0 Å². The van der Waals surface area contributed by atoms with Gasteiger partial charge in [0.2, 0.25) is 5.95 Å².